The average molecular weight is 369 g/mol. The van der Waals surface area contributed by atoms with Crippen molar-refractivity contribution in [2.24, 2.45) is 0 Å². The lowest BCUT2D eigenvalue weighted by molar-refractivity contribution is 0.795. The zero-order valence-electron chi connectivity index (χ0n) is 7.75. The van der Waals surface area contributed by atoms with Crippen LogP contribution in [-0.2, 0) is 6.54 Å². The highest BCUT2D eigenvalue weighted by atomic mass is 79.9. The van der Waals surface area contributed by atoms with Gasteiger partial charge in [-0.3, -0.25) is 0 Å². The molecule has 0 unspecified atom stereocenters. The summed E-state index contributed by atoms with van der Waals surface area (Å²) in [5, 5.41) is 13.3. The van der Waals surface area contributed by atoms with Gasteiger partial charge in [0.2, 0.25) is 0 Å². The highest BCUT2D eigenvalue weighted by Crippen LogP contribution is 2.39. The second kappa shape index (κ2) is 5.01. The lowest BCUT2D eigenvalue weighted by Gasteiger charge is -1.88. The summed E-state index contributed by atoms with van der Waals surface area (Å²) in [5.74, 6) is 0. The zero-order valence-corrected chi connectivity index (χ0v) is 12.6. The van der Waals surface area contributed by atoms with Gasteiger partial charge in [-0.25, -0.2) is 0 Å². The molecular formula is C8H7Br2N3S2. The van der Waals surface area contributed by atoms with Gasteiger partial charge in [0, 0.05) is 11.0 Å². The minimum Gasteiger partial charge on any atom is -0.313 e. The molecule has 15 heavy (non-hydrogen) atoms. The van der Waals surface area contributed by atoms with Crippen molar-refractivity contribution in [2.75, 3.05) is 7.05 Å². The van der Waals surface area contributed by atoms with Gasteiger partial charge in [-0.05, 0) is 45.0 Å². The molecule has 0 aliphatic heterocycles. The number of nitrogens with zero attached hydrogens (tertiary/aromatic N) is 2. The van der Waals surface area contributed by atoms with E-state index >= 15 is 0 Å². The van der Waals surface area contributed by atoms with Gasteiger partial charge in [-0.2, -0.15) is 0 Å². The van der Waals surface area contributed by atoms with Crippen LogP contribution < -0.4 is 5.32 Å². The number of thiophene rings is 1. The minimum absolute atomic E-state index is 0.769. The molecule has 0 atom stereocenters. The maximum Gasteiger partial charge on any atom is 0.157 e. The first-order chi connectivity index (χ1) is 7.20. The first kappa shape index (κ1) is 11.7. The van der Waals surface area contributed by atoms with Crippen LogP contribution in [0.25, 0.3) is 9.88 Å². The van der Waals surface area contributed by atoms with Crippen LogP contribution in [-0.4, -0.2) is 17.2 Å². The van der Waals surface area contributed by atoms with Crippen molar-refractivity contribution in [2.45, 2.75) is 6.54 Å². The second-order valence-electron chi connectivity index (χ2n) is 2.76. The quantitative estimate of drug-likeness (QED) is 0.900. The Labute approximate surface area is 112 Å². The first-order valence-electron chi connectivity index (χ1n) is 4.13. The van der Waals surface area contributed by atoms with Gasteiger partial charge in [-0.1, -0.05) is 11.3 Å². The molecule has 0 fully saturated rings. The summed E-state index contributed by atoms with van der Waals surface area (Å²) in [5.41, 5.74) is 0. The van der Waals surface area contributed by atoms with Crippen LogP contribution in [0.15, 0.2) is 14.3 Å². The average Bonchev–Trinajstić information content (AvgIpc) is 2.76. The maximum absolute atomic E-state index is 4.16. The SMILES string of the molecule is CNCc1nnc(-c2cc(Br)c(Br)s2)s1. The summed E-state index contributed by atoms with van der Waals surface area (Å²) in [6.07, 6.45) is 0. The van der Waals surface area contributed by atoms with E-state index in [1.165, 1.54) is 0 Å². The number of halogens is 2. The van der Waals surface area contributed by atoms with Gasteiger partial charge >= 0.3 is 0 Å². The Bertz CT molecular complexity index is 447. The zero-order chi connectivity index (χ0) is 10.8. The van der Waals surface area contributed by atoms with Crippen molar-refractivity contribution >= 4 is 54.5 Å². The Hall–Kier alpha value is 0.180. The van der Waals surface area contributed by atoms with Crippen LogP contribution in [0.1, 0.15) is 5.01 Å². The molecule has 0 aliphatic carbocycles. The molecule has 3 nitrogen and oxygen atoms in total. The fourth-order valence-electron chi connectivity index (χ4n) is 1.03. The molecule has 2 aromatic rings. The molecule has 0 radical (unpaired) electrons. The standard InChI is InChI=1S/C8H7Br2N3S2/c1-11-3-6-12-13-8(15-6)5-2-4(9)7(10)14-5/h2,11H,3H2,1H3. The summed E-state index contributed by atoms with van der Waals surface area (Å²) in [6, 6.07) is 2.05. The largest absolute Gasteiger partial charge is 0.313 e. The molecular weight excluding hydrogens is 362 g/mol. The molecule has 2 aromatic heterocycles. The third-order valence-electron chi connectivity index (χ3n) is 1.65. The molecule has 0 amide bonds. The van der Waals surface area contributed by atoms with E-state index in [0.717, 1.165) is 29.7 Å². The molecule has 1 N–H and O–H groups in total. The van der Waals surface area contributed by atoms with Crippen molar-refractivity contribution in [3.05, 3.63) is 19.3 Å². The summed E-state index contributed by atoms with van der Waals surface area (Å²) in [4.78, 5) is 1.13. The van der Waals surface area contributed by atoms with Crippen LogP contribution in [0.2, 0.25) is 0 Å². The van der Waals surface area contributed by atoms with Crippen molar-refractivity contribution in [3.63, 3.8) is 0 Å². The highest BCUT2D eigenvalue weighted by molar-refractivity contribution is 9.13. The molecule has 0 spiro atoms. The Morgan fingerprint density at radius 1 is 1.33 bits per heavy atom. The van der Waals surface area contributed by atoms with Gasteiger partial charge in [0.25, 0.3) is 0 Å². The molecule has 2 heterocycles. The lowest BCUT2D eigenvalue weighted by Crippen LogP contribution is -2.04. The molecule has 0 aromatic carbocycles. The summed E-state index contributed by atoms with van der Waals surface area (Å²) >= 11 is 10.2. The van der Waals surface area contributed by atoms with Crippen LogP contribution in [0.3, 0.4) is 0 Å². The summed E-state index contributed by atoms with van der Waals surface area (Å²) in [7, 11) is 1.90. The van der Waals surface area contributed by atoms with E-state index in [0.29, 0.717) is 0 Å². The number of hydrogen-bond donors (Lipinski definition) is 1. The van der Waals surface area contributed by atoms with Gasteiger partial charge in [-0.15, -0.1) is 21.5 Å². The third-order valence-corrected chi connectivity index (χ3v) is 6.00. The van der Waals surface area contributed by atoms with Crippen LogP contribution in [0.5, 0.6) is 0 Å². The Morgan fingerprint density at radius 3 is 2.73 bits per heavy atom. The van der Waals surface area contributed by atoms with E-state index in [1.807, 2.05) is 7.05 Å². The molecule has 80 valence electrons. The highest BCUT2D eigenvalue weighted by Gasteiger charge is 2.11. The Balaban J connectivity index is 2.28. The van der Waals surface area contributed by atoms with Crippen LogP contribution in [0, 0.1) is 0 Å². The fraction of sp³-hybridized carbons (Fsp3) is 0.250. The van der Waals surface area contributed by atoms with Gasteiger partial charge in [0.1, 0.15) is 5.01 Å². The predicted molar refractivity (Wildman–Crippen MR) is 71.4 cm³/mol. The third kappa shape index (κ3) is 2.65. The van der Waals surface area contributed by atoms with Crippen molar-refractivity contribution in [3.8, 4) is 9.88 Å². The van der Waals surface area contributed by atoms with Crippen molar-refractivity contribution < 1.29 is 0 Å². The molecule has 0 saturated heterocycles. The second-order valence-corrected chi connectivity index (χ2v) is 7.05. The summed E-state index contributed by atoms with van der Waals surface area (Å²) in [6.45, 7) is 0.769. The molecule has 2 rings (SSSR count). The van der Waals surface area contributed by atoms with E-state index < -0.39 is 0 Å². The lowest BCUT2D eigenvalue weighted by atomic mass is 10.5. The van der Waals surface area contributed by atoms with Gasteiger partial charge in [0.05, 0.1) is 8.66 Å². The first-order valence-corrected chi connectivity index (χ1v) is 7.35. The number of nitrogens with one attached hydrogen (secondary N) is 1. The molecule has 0 aliphatic rings. The van der Waals surface area contributed by atoms with Crippen molar-refractivity contribution in [1.82, 2.24) is 15.5 Å². The van der Waals surface area contributed by atoms with E-state index in [4.69, 9.17) is 0 Å². The Kier molecular flexibility index (Phi) is 3.89. The number of aromatic nitrogens is 2. The van der Waals surface area contributed by atoms with Gasteiger partial charge < -0.3 is 5.32 Å². The predicted octanol–water partition coefficient (Wildman–Crippen LogP) is 3.51. The van der Waals surface area contributed by atoms with Crippen molar-refractivity contribution in [1.29, 1.82) is 0 Å². The number of rotatable bonds is 3. The molecule has 0 bridgehead atoms. The fourth-order valence-corrected chi connectivity index (χ4v) is 3.96. The van der Waals surface area contributed by atoms with Crippen LogP contribution in [0.4, 0.5) is 0 Å². The Morgan fingerprint density at radius 2 is 2.13 bits per heavy atom. The molecule has 0 saturated carbocycles. The minimum atomic E-state index is 0.769. The smallest absolute Gasteiger partial charge is 0.157 e. The maximum atomic E-state index is 4.16. The normalized spacial score (nSPS) is 10.9. The van der Waals surface area contributed by atoms with E-state index in [1.54, 1.807) is 22.7 Å². The van der Waals surface area contributed by atoms with E-state index in [2.05, 4.69) is 53.4 Å². The number of hydrogen-bond acceptors (Lipinski definition) is 5. The van der Waals surface area contributed by atoms with Crippen LogP contribution >= 0.6 is 54.5 Å². The molecule has 7 heteroatoms. The van der Waals surface area contributed by atoms with Gasteiger partial charge in [0.15, 0.2) is 5.01 Å². The monoisotopic (exact) mass is 367 g/mol. The van der Waals surface area contributed by atoms with E-state index in [9.17, 15) is 0 Å². The summed E-state index contributed by atoms with van der Waals surface area (Å²) < 4.78 is 2.15. The van der Waals surface area contributed by atoms with E-state index in [-0.39, 0.29) is 0 Å². The topological polar surface area (TPSA) is 37.8 Å².